The lowest BCUT2D eigenvalue weighted by atomic mass is 9.86. The van der Waals surface area contributed by atoms with Crippen molar-refractivity contribution >= 4 is 16.9 Å². The molecule has 0 bridgehead atoms. The third-order valence-corrected chi connectivity index (χ3v) is 4.60. The number of methoxy groups -OCH3 is 1. The molecule has 0 amide bonds. The van der Waals surface area contributed by atoms with E-state index < -0.39 is 5.97 Å². The molecule has 1 N–H and O–H groups in total. The highest BCUT2D eigenvalue weighted by Gasteiger charge is 2.18. The molecule has 0 saturated heterocycles. The van der Waals surface area contributed by atoms with Crippen LogP contribution in [0.2, 0.25) is 0 Å². The van der Waals surface area contributed by atoms with Gasteiger partial charge in [0.25, 0.3) is 0 Å². The van der Waals surface area contributed by atoms with Crippen molar-refractivity contribution in [2.75, 3.05) is 7.11 Å². The highest BCUT2D eigenvalue weighted by atomic mass is 16.5. The fourth-order valence-electron chi connectivity index (χ4n) is 3.05. The normalized spacial score (nSPS) is 11.6. The lowest BCUT2D eigenvalue weighted by Gasteiger charge is -2.20. The fourth-order valence-corrected chi connectivity index (χ4v) is 3.05. The van der Waals surface area contributed by atoms with Crippen molar-refractivity contribution in [1.82, 2.24) is 4.98 Å². The smallest absolute Gasteiger partial charge is 0.336 e. The zero-order valence-corrected chi connectivity index (χ0v) is 15.8. The molecular formula is C22H23NO3. The van der Waals surface area contributed by atoms with Gasteiger partial charge in [0, 0.05) is 10.9 Å². The summed E-state index contributed by atoms with van der Waals surface area (Å²) in [5.74, 6) is -0.155. The summed E-state index contributed by atoms with van der Waals surface area (Å²) in [4.78, 5) is 16.6. The monoisotopic (exact) mass is 349 g/mol. The lowest BCUT2D eigenvalue weighted by molar-refractivity contribution is 0.0699. The van der Waals surface area contributed by atoms with Crippen LogP contribution >= 0.6 is 0 Å². The van der Waals surface area contributed by atoms with Crippen LogP contribution in [-0.4, -0.2) is 23.2 Å². The molecule has 0 saturated carbocycles. The van der Waals surface area contributed by atoms with Gasteiger partial charge >= 0.3 is 5.97 Å². The van der Waals surface area contributed by atoms with Gasteiger partial charge in [-0.25, -0.2) is 9.78 Å². The summed E-state index contributed by atoms with van der Waals surface area (Å²) in [6.45, 7) is 8.28. The van der Waals surface area contributed by atoms with Crippen LogP contribution in [0, 0.1) is 6.92 Å². The Morgan fingerprint density at radius 2 is 1.81 bits per heavy atom. The van der Waals surface area contributed by atoms with E-state index >= 15 is 0 Å². The molecule has 2 aromatic carbocycles. The van der Waals surface area contributed by atoms with E-state index in [1.165, 1.54) is 0 Å². The van der Waals surface area contributed by atoms with E-state index in [4.69, 9.17) is 9.72 Å². The average Bonchev–Trinajstić information content (AvgIpc) is 2.59. The second kappa shape index (κ2) is 6.45. The molecule has 134 valence electrons. The van der Waals surface area contributed by atoms with Gasteiger partial charge in [-0.05, 0) is 59.9 Å². The van der Waals surface area contributed by atoms with Crippen LogP contribution < -0.4 is 4.74 Å². The van der Waals surface area contributed by atoms with Crippen molar-refractivity contribution < 1.29 is 14.6 Å². The molecule has 1 heterocycles. The molecule has 3 aromatic rings. The summed E-state index contributed by atoms with van der Waals surface area (Å²) in [6, 6.07) is 13.2. The third-order valence-electron chi connectivity index (χ3n) is 4.60. The van der Waals surface area contributed by atoms with E-state index in [2.05, 4.69) is 20.8 Å². The largest absolute Gasteiger partial charge is 0.496 e. The third kappa shape index (κ3) is 3.27. The summed E-state index contributed by atoms with van der Waals surface area (Å²) in [5, 5.41) is 10.4. The number of aromatic carboxylic acids is 1. The van der Waals surface area contributed by atoms with E-state index in [1.54, 1.807) is 13.2 Å². The average molecular weight is 349 g/mol. The minimum absolute atomic E-state index is 0.0598. The number of carboxylic acids is 1. The molecule has 0 fully saturated rings. The molecule has 0 atom stereocenters. The summed E-state index contributed by atoms with van der Waals surface area (Å²) in [6.07, 6.45) is 0. The Morgan fingerprint density at radius 3 is 2.38 bits per heavy atom. The highest BCUT2D eigenvalue weighted by molar-refractivity contribution is 6.04. The number of aromatic nitrogens is 1. The maximum Gasteiger partial charge on any atom is 0.336 e. The molecule has 3 rings (SSSR count). The van der Waals surface area contributed by atoms with Crippen molar-refractivity contribution in [1.29, 1.82) is 0 Å². The maximum absolute atomic E-state index is 11.9. The molecule has 0 spiro atoms. The van der Waals surface area contributed by atoms with Crippen LogP contribution in [0.1, 0.15) is 42.3 Å². The lowest BCUT2D eigenvalue weighted by Crippen LogP contribution is -2.11. The second-order valence-electron chi connectivity index (χ2n) is 7.53. The summed E-state index contributed by atoms with van der Waals surface area (Å²) in [5.41, 5.74) is 4.47. The number of aryl methyl sites for hydroxylation is 1. The predicted molar refractivity (Wildman–Crippen MR) is 104 cm³/mol. The van der Waals surface area contributed by atoms with Gasteiger partial charge in [0.2, 0.25) is 0 Å². The van der Waals surface area contributed by atoms with Crippen molar-refractivity contribution in [2.24, 2.45) is 0 Å². The first-order valence-corrected chi connectivity index (χ1v) is 8.54. The molecule has 26 heavy (non-hydrogen) atoms. The Kier molecular flexibility index (Phi) is 4.45. The Morgan fingerprint density at radius 1 is 1.08 bits per heavy atom. The van der Waals surface area contributed by atoms with E-state index in [0.717, 1.165) is 22.4 Å². The van der Waals surface area contributed by atoms with Crippen molar-refractivity contribution in [2.45, 2.75) is 33.1 Å². The Balaban J connectivity index is 2.23. The minimum Gasteiger partial charge on any atom is -0.496 e. The van der Waals surface area contributed by atoms with Crippen molar-refractivity contribution in [3.63, 3.8) is 0 Å². The first-order valence-electron chi connectivity index (χ1n) is 8.54. The van der Waals surface area contributed by atoms with Crippen LogP contribution in [0.15, 0.2) is 42.5 Å². The predicted octanol–water partition coefficient (Wildman–Crippen LogP) is 5.21. The molecule has 0 aliphatic heterocycles. The van der Waals surface area contributed by atoms with Gasteiger partial charge in [-0.1, -0.05) is 26.8 Å². The Hall–Kier alpha value is -2.88. The van der Waals surface area contributed by atoms with Crippen LogP contribution in [-0.2, 0) is 5.41 Å². The van der Waals surface area contributed by atoms with Gasteiger partial charge in [0.05, 0.1) is 23.9 Å². The number of hydrogen-bond donors (Lipinski definition) is 1. The number of hydrogen-bond acceptors (Lipinski definition) is 3. The number of benzene rings is 2. The van der Waals surface area contributed by atoms with Gasteiger partial charge in [-0.15, -0.1) is 0 Å². The first-order chi connectivity index (χ1) is 12.2. The number of nitrogens with zero attached hydrogens (tertiary/aromatic N) is 1. The minimum atomic E-state index is -0.949. The Bertz CT molecular complexity index is 1000. The number of pyridine rings is 1. The van der Waals surface area contributed by atoms with Gasteiger partial charge in [0.15, 0.2) is 0 Å². The SMILES string of the molecule is COc1ccc(-c2cc(C(=O)O)c3cc(C(C)(C)C)ccc3n2)cc1C. The molecule has 0 aliphatic carbocycles. The topological polar surface area (TPSA) is 59.4 Å². The van der Waals surface area contributed by atoms with Crippen LogP contribution in [0.4, 0.5) is 0 Å². The molecule has 0 radical (unpaired) electrons. The summed E-state index contributed by atoms with van der Waals surface area (Å²) >= 11 is 0. The maximum atomic E-state index is 11.9. The fraction of sp³-hybridized carbons (Fsp3) is 0.273. The summed E-state index contributed by atoms with van der Waals surface area (Å²) < 4.78 is 5.30. The molecule has 0 unspecified atom stereocenters. The molecule has 4 nitrogen and oxygen atoms in total. The van der Waals surface area contributed by atoms with Crippen molar-refractivity contribution in [3.05, 3.63) is 59.2 Å². The first kappa shape index (κ1) is 17.9. The molecule has 1 aromatic heterocycles. The summed E-state index contributed by atoms with van der Waals surface area (Å²) in [7, 11) is 1.63. The van der Waals surface area contributed by atoms with Crippen LogP contribution in [0.3, 0.4) is 0 Å². The van der Waals surface area contributed by atoms with E-state index in [9.17, 15) is 9.90 Å². The van der Waals surface area contributed by atoms with Gasteiger partial charge in [-0.3, -0.25) is 0 Å². The number of carbonyl (C=O) groups is 1. The van der Waals surface area contributed by atoms with Gasteiger partial charge < -0.3 is 9.84 Å². The zero-order valence-electron chi connectivity index (χ0n) is 15.8. The second-order valence-corrected chi connectivity index (χ2v) is 7.53. The van der Waals surface area contributed by atoms with Crippen LogP contribution in [0.25, 0.3) is 22.2 Å². The number of fused-ring (bicyclic) bond motifs is 1. The van der Waals surface area contributed by atoms with Gasteiger partial charge in [-0.2, -0.15) is 0 Å². The van der Waals surface area contributed by atoms with Crippen LogP contribution in [0.5, 0.6) is 5.75 Å². The standard InChI is InChI=1S/C22H23NO3/c1-13-10-14(6-9-20(13)26-5)19-12-17(21(24)25)16-11-15(22(2,3)4)7-8-18(16)23-19/h6-12H,1-5H3,(H,24,25). The highest BCUT2D eigenvalue weighted by Crippen LogP contribution is 2.31. The molecule has 0 aliphatic rings. The molecule has 4 heteroatoms. The van der Waals surface area contributed by atoms with Crippen molar-refractivity contribution in [3.8, 4) is 17.0 Å². The quantitative estimate of drug-likeness (QED) is 0.705. The van der Waals surface area contributed by atoms with E-state index in [0.29, 0.717) is 16.6 Å². The van der Waals surface area contributed by atoms with E-state index in [1.807, 2.05) is 43.3 Å². The Labute approximate surface area is 153 Å². The van der Waals surface area contributed by atoms with E-state index in [-0.39, 0.29) is 11.0 Å². The number of rotatable bonds is 3. The number of carboxylic acid groups (broad SMARTS) is 1. The number of ether oxygens (including phenoxy) is 1. The molecular weight excluding hydrogens is 326 g/mol. The van der Waals surface area contributed by atoms with Gasteiger partial charge in [0.1, 0.15) is 5.75 Å². The zero-order chi connectivity index (χ0) is 19.1.